The Hall–Kier alpha value is -2.45. The average molecular weight is 403 g/mol. The van der Waals surface area contributed by atoms with E-state index in [0.29, 0.717) is 12.8 Å². The molecule has 0 spiro atoms. The van der Waals surface area contributed by atoms with Crippen molar-refractivity contribution in [3.63, 3.8) is 0 Å². The molecule has 1 fully saturated rings. The Morgan fingerprint density at radius 2 is 2.07 bits per heavy atom. The lowest BCUT2D eigenvalue weighted by molar-refractivity contribution is -0.130. The molecule has 0 saturated carbocycles. The number of hydrogen-bond acceptors (Lipinski definition) is 7. The van der Waals surface area contributed by atoms with Gasteiger partial charge in [-0.15, -0.1) is 0 Å². The molecule has 3 rings (SSSR count). The number of amides is 1. The number of rotatable bonds is 4. The Labute approximate surface area is 170 Å². The topological polar surface area (TPSA) is 96.1 Å². The van der Waals surface area contributed by atoms with Gasteiger partial charge in [-0.1, -0.05) is 0 Å². The minimum atomic E-state index is -1.38. The zero-order valence-electron chi connectivity index (χ0n) is 17.6. The fraction of sp³-hybridized carbons (Fsp3) is 0.571. The SMILES string of the molecule is CC(C)(C)OC(=O)N1CCN(C(C)(C)c2cc3cnccc3o2)CC1(C=O)CO. The van der Waals surface area contributed by atoms with Crippen molar-refractivity contribution in [2.45, 2.75) is 51.3 Å². The maximum absolute atomic E-state index is 12.7. The molecule has 1 saturated heterocycles. The maximum atomic E-state index is 12.7. The van der Waals surface area contributed by atoms with E-state index in [4.69, 9.17) is 9.15 Å². The molecule has 1 amide bonds. The number of fused-ring (bicyclic) bond motifs is 1. The number of aliphatic hydroxyl groups excluding tert-OH is 1. The first-order chi connectivity index (χ1) is 13.5. The monoisotopic (exact) mass is 403 g/mol. The molecule has 29 heavy (non-hydrogen) atoms. The van der Waals surface area contributed by atoms with E-state index < -0.39 is 29.4 Å². The minimum absolute atomic E-state index is 0.161. The Bertz CT molecular complexity index is 868. The quantitative estimate of drug-likeness (QED) is 0.784. The predicted molar refractivity (Wildman–Crippen MR) is 107 cm³/mol. The van der Waals surface area contributed by atoms with Gasteiger partial charge >= 0.3 is 6.09 Å². The van der Waals surface area contributed by atoms with Gasteiger partial charge in [0.1, 0.15) is 28.8 Å². The van der Waals surface area contributed by atoms with E-state index in [1.165, 1.54) is 4.90 Å². The highest BCUT2D eigenvalue weighted by Crippen LogP contribution is 2.36. The Morgan fingerprint density at radius 1 is 1.34 bits per heavy atom. The summed E-state index contributed by atoms with van der Waals surface area (Å²) in [5.74, 6) is 0.726. The van der Waals surface area contributed by atoms with E-state index in [1.54, 1.807) is 39.2 Å². The summed E-state index contributed by atoms with van der Waals surface area (Å²) in [6.45, 7) is 9.70. The lowest BCUT2D eigenvalue weighted by Crippen LogP contribution is -2.69. The van der Waals surface area contributed by atoms with Crippen molar-refractivity contribution in [2.75, 3.05) is 26.2 Å². The second kappa shape index (κ2) is 7.42. The Balaban J connectivity index is 1.89. The van der Waals surface area contributed by atoms with Crippen LogP contribution in [0.15, 0.2) is 28.9 Å². The third-order valence-corrected chi connectivity index (χ3v) is 5.41. The van der Waals surface area contributed by atoms with Crippen LogP contribution in [0.4, 0.5) is 4.79 Å². The van der Waals surface area contributed by atoms with E-state index in [2.05, 4.69) is 4.98 Å². The number of aromatic nitrogens is 1. The van der Waals surface area contributed by atoms with Gasteiger partial charge in [-0.05, 0) is 46.8 Å². The molecule has 3 heterocycles. The second-order valence-electron chi connectivity index (χ2n) is 9.02. The molecule has 0 aromatic carbocycles. The van der Waals surface area contributed by atoms with Gasteiger partial charge in [0.25, 0.3) is 0 Å². The van der Waals surface area contributed by atoms with Gasteiger partial charge in [0.05, 0.1) is 12.1 Å². The fourth-order valence-corrected chi connectivity index (χ4v) is 3.62. The van der Waals surface area contributed by atoms with Crippen LogP contribution in [-0.2, 0) is 15.1 Å². The fourth-order valence-electron chi connectivity index (χ4n) is 3.62. The van der Waals surface area contributed by atoms with Gasteiger partial charge < -0.3 is 19.1 Å². The first-order valence-electron chi connectivity index (χ1n) is 9.69. The van der Waals surface area contributed by atoms with Crippen LogP contribution < -0.4 is 0 Å². The van der Waals surface area contributed by atoms with Gasteiger partial charge in [0.15, 0.2) is 0 Å². The van der Waals surface area contributed by atoms with Crippen LogP contribution in [-0.4, -0.2) is 69.7 Å². The molecule has 8 heteroatoms. The molecule has 1 unspecified atom stereocenters. The van der Waals surface area contributed by atoms with Crippen LogP contribution in [0.2, 0.25) is 0 Å². The van der Waals surface area contributed by atoms with Crippen LogP contribution in [0.1, 0.15) is 40.4 Å². The van der Waals surface area contributed by atoms with Gasteiger partial charge in [-0.2, -0.15) is 0 Å². The summed E-state index contributed by atoms with van der Waals surface area (Å²) < 4.78 is 11.5. The highest BCUT2D eigenvalue weighted by molar-refractivity contribution is 5.78. The number of aliphatic hydroxyl groups is 1. The van der Waals surface area contributed by atoms with E-state index in [1.807, 2.05) is 24.8 Å². The Kier molecular flexibility index (Phi) is 5.44. The number of ether oxygens (including phenoxy) is 1. The van der Waals surface area contributed by atoms with E-state index in [9.17, 15) is 14.7 Å². The minimum Gasteiger partial charge on any atom is -0.459 e. The summed E-state index contributed by atoms with van der Waals surface area (Å²) >= 11 is 0. The number of carbonyl (C=O) groups excluding carboxylic acids is 2. The molecule has 8 nitrogen and oxygen atoms in total. The zero-order valence-corrected chi connectivity index (χ0v) is 17.6. The second-order valence-corrected chi connectivity index (χ2v) is 9.02. The molecule has 1 aliphatic heterocycles. The van der Waals surface area contributed by atoms with Crippen molar-refractivity contribution in [1.82, 2.24) is 14.8 Å². The molecule has 2 aromatic rings. The number of piperazine rings is 1. The molecule has 0 radical (unpaired) electrons. The highest BCUT2D eigenvalue weighted by atomic mass is 16.6. The van der Waals surface area contributed by atoms with Gasteiger partial charge in [0.2, 0.25) is 0 Å². The predicted octanol–water partition coefficient (Wildman–Crippen LogP) is 2.55. The number of nitrogens with zero attached hydrogens (tertiary/aromatic N) is 3. The molecular formula is C21H29N3O5. The van der Waals surface area contributed by atoms with Crippen molar-refractivity contribution < 1.29 is 23.8 Å². The maximum Gasteiger partial charge on any atom is 0.411 e. The summed E-state index contributed by atoms with van der Waals surface area (Å²) in [5, 5.41) is 11.0. The van der Waals surface area contributed by atoms with E-state index in [0.717, 1.165) is 16.7 Å². The number of pyridine rings is 1. The first kappa shape index (κ1) is 21.3. The third-order valence-electron chi connectivity index (χ3n) is 5.41. The molecule has 2 aromatic heterocycles. The Morgan fingerprint density at radius 3 is 2.66 bits per heavy atom. The number of hydrogen-bond donors (Lipinski definition) is 1. The number of carbonyl (C=O) groups is 2. The highest BCUT2D eigenvalue weighted by Gasteiger charge is 2.49. The zero-order chi connectivity index (χ0) is 21.4. The van der Waals surface area contributed by atoms with Crippen LogP contribution in [0, 0.1) is 0 Å². The largest absolute Gasteiger partial charge is 0.459 e. The molecular weight excluding hydrogens is 374 g/mol. The lowest BCUT2D eigenvalue weighted by atomic mass is 9.90. The average Bonchev–Trinajstić information content (AvgIpc) is 3.11. The molecule has 0 bridgehead atoms. The van der Waals surface area contributed by atoms with E-state index >= 15 is 0 Å². The molecule has 1 atom stereocenters. The molecule has 0 aliphatic carbocycles. The molecule has 1 aliphatic rings. The van der Waals surface area contributed by atoms with Crippen LogP contribution in [0.5, 0.6) is 0 Å². The number of furan rings is 1. The van der Waals surface area contributed by atoms with Crippen LogP contribution in [0.25, 0.3) is 11.0 Å². The normalized spacial score (nSPS) is 21.4. The third kappa shape index (κ3) is 4.00. The molecule has 158 valence electrons. The molecule has 1 N–H and O–H groups in total. The standard InChI is InChI=1S/C21H29N3O5/c1-19(2,3)29-18(27)24-9-8-23(12-21(24,13-25)14-26)20(4,5)17-10-15-11-22-7-6-16(15)28-17/h6-7,10-11,13,26H,8-9,12,14H2,1-5H3. The van der Waals surface area contributed by atoms with E-state index in [-0.39, 0.29) is 13.1 Å². The summed E-state index contributed by atoms with van der Waals surface area (Å²) in [4.78, 5) is 32.3. The van der Waals surface area contributed by atoms with Crippen molar-refractivity contribution in [3.05, 3.63) is 30.3 Å². The first-order valence-corrected chi connectivity index (χ1v) is 9.69. The van der Waals surface area contributed by atoms with Gasteiger partial charge in [-0.25, -0.2) is 4.79 Å². The summed E-state index contributed by atoms with van der Waals surface area (Å²) in [7, 11) is 0. The van der Waals surface area contributed by atoms with Crippen molar-refractivity contribution in [2.24, 2.45) is 0 Å². The van der Waals surface area contributed by atoms with Crippen molar-refractivity contribution in [3.8, 4) is 0 Å². The van der Waals surface area contributed by atoms with Gasteiger partial charge in [-0.3, -0.25) is 14.8 Å². The van der Waals surface area contributed by atoms with Crippen molar-refractivity contribution in [1.29, 1.82) is 0 Å². The summed E-state index contributed by atoms with van der Waals surface area (Å²) in [5.41, 5.74) is -1.91. The lowest BCUT2D eigenvalue weighted by Gasteiger charge is -2.50. The van der Waals surface area contributed by atoms with Crippen LogP contribution in [0.3, 0.4) is 0 Å². The smallest absolute Gasteiger partial charge is 0.411 e. The number of aldehydes is 1. The summed E-state index contributed by atoms with van der Waals surface area (Å²) in [6, 6.07) is 3.74. The van der Waals surface area contributed by atoms with Gasteiger partial charge in [0, 0.05) is 37.4 Å². The summed E-state index contributed by atoms with van der Waals surface area (Å²) in [6.07, 6.45) is 3.45. The van der Waals surface area contributed by atoms with Crippen LogP contribution >= 0.6 is 0 Å². The van der Waals surface area contributed by atoms with Crippen molar-refractivity contribution >= 4 is 23.3 Å².